The summed E-state index contributed by atoms with van der Waals surface area (Å²) in [6.45, 7) is 8.02. The Kier molecular flexibility index (Phi) is 6.20. The van der Waals surface area contributed by atoms with Crippen LogP contribution in [0.4, 0.5) is 4.39 Å². The summed E-state index contributed by atoms with van der Waals surface area (Å²) in [5.41, 5.74) is 1.23. The second-order valence-corrected chi connectivity index (χ2v) is 7.32. The molecule has 1 heterocycles. The summed E-state index contributed by atoms with van der Waals surface area (Å²) in [6.07, 6.45) is 2.95. The second-order valence-electron chi connectivity index (χ2n) is 6.53. The maximum absolute atomic E-state index is 13.7. The van der Waals surface area contributed by atoms with E-state index in [-0.39, 0.29) is 11.2 Å². The van der Waals surface area contributed by atoms with Gasteiger partial charge in [0.15, 0.2) is 0 Å². The summed E-state index contributed by atoms with van der Waals surface area (Å²) >= 11 is 3.40. The number of rotatable bonds is 6. The van der Waals surface area contributed by atoms with Crippen molar-refractivity contribution in [3.05, 3.63) is 34.1 Å². The van der Waals surface area contributed by atoms with Crippen LogP contribution in [0.3, 0.4) is 0 Å². The Morgan fingerprint density at radius 3 is 2.71 bits per heavy atom. The van der Waals surface area contributed by atoms with Crippen molar-refractivity contribution in [1.29, 1.82) is 0 Å². The molecule has 4 heteroatoms. The van der Waals surface area contributed by atoms with Crippen LogP contribution in [0.25, 0.3) is 0 Å². The molecule has 2 rings (SSSR count). The third-order valence-corrected chi connectivity index (χ3v) is 5.09. The van der Waals surface area contributed by atoms with Crippen molar-refractivity contribution in [2.24, 2.45) is 11.3 Å². The van der Waals surface area contributed by atoms with Crippen LogP contribution in [-0.4, -0.2) is 26.3 Å². The van der Waals surface area contributed by atoms with Crippen LogP contribution >= 0.6 is 15.9 Å². The molecule has 1 saturated heterocycles. The molecule has 1 N–H and O–H groups in total. The van der Waals surface area contributed by atoms with E-state index in [0.717, 1.165) is 51.1 Å². The van der Waals surface area contributed by atoms with Crippen LogP contribution in [0, 0.1) is 17.2 Å². The van der Waals surface area contributed by atoms with Gasteiger partial charge < -0.3 is 10.1 Å². The molecule has 0 amide bonds. The first-order chi connectivity index (χ1) is 10.0. The second kappa shape index (κ2) is 7.70. The van der Waals surface area contributed by atoms with Gasteiger partial charge in [-0.1, -0.05) is 26.0 Å². The minimum atomic E-state index is -0.176. The highest BCUT2D eigenvalue weighted by atomic mass is 79.9. The van der Waals surface area contributed by atoms with E-state index in [2.05, 4.69) is 35.1 Å². The molecule has 1 aromatic rings. The van der Waals surface area contributed by atoms with E-state index in [4.69, 9.17) is 4.74 Å². The molecular weight excluding hydrogens is 333 g/mol. The van der Waals surface area contributed by atoms with Crippen molar-refractivity contribution in [2.45, 2.75) is 33.1 Å². The lowest BCUT2D eigenvalue weighted by atomic mass is 9.75. The standard InChI is InChI=1S/C17H25BrFNO/c1-13(2)11-20-12-17(6-8-21-9-7-17)10-14-4-3-5-15(19)16(14)18/h3-5,13,20H,6-12H2,1-2H3. The Bertz CT molecular complexity index is 458. The maximum Gasteiger partial charge on any atom is 0.137 e. The molecule has 0 unspecified atom stereocenters. The van der Waals surface area contributed by atoms with Crippen LogP contribution in [0.15, 0.2) is 22.7 Å². The molecule has 0 spiro atoms. The van der Waals surface area contributed by atoms with Gasteiger partial charge in [-0.2, -0.15) is 0 Å². The van der Waals surface area contributed by atoms with Gasteiger partial charge in [0.25, 0.3) is 0 Å². The first-order valence-electron chi connectivity index (χ1n) is 7.74. The highest BCUT2D eigenvalue weighted by Gasteiger charge is 2.33. The molecule has 0 atom stereocenters. The number of hydrogen-bond acceptors (Lipinski definition) is 2. The molecule has 0 aromatic heterocycles. The number of nitrogens with one attached hydrogen (secondary N) is 1. The van der Waals surface area contributed by atoms with Crippen molar-refractivity contribution >= 4 is 15.9 Å². The molecule has 118 valence electrons. The number of hydrogen-bond donors (Lipinski definition) is 1. The molecule has 1 aliphatic heterocycles. The fraction of sp³-hybridized carbons (Fsp3) is 0.647. The largest absolute Gasteiger partial charge is 0.381 e. The van der Waals surface area contributed by atoms with Gasteiger partial charge in [-0.3, -0.25) is 0 Å². The average molecular weight is 358 g/mol. The van der Waals surface area contributed by atoms with E-state index in [1.165, 1.54) is 6.07 Å². The Hall–Kier alpha value is -0.450. The summed E-state index contributed by atoms with van der Waals surface area (Å²) in [7, 11) is 0. The smallest absolute Gasteiger partial charge is 0.137 e. The summed E-state index contributed by atoms with van der Waals surface area (Å²) in [6, 6.07) is 5.32. The first-order valence-corrected chi connectivity index (χ1v) is 8.53. The van der Waals surface area contributed by atoms with Crippen LogP contribution in [0.2, 0.25) is 0 Å². The minimum absolute atomic E-state index is 0.170. The highest BCUT2D eigenvalue weighted by Crippen LogP contribution is 2.36. The van der Waals surface area contributed by atoms with E-state index in [1.54, 1.807) is 6.07 Å². The van der Waals surface area contributed by atoms with Crippen LogP contribution in [0.5, 0.6) is 0 Å². The Labute approximate surface area is 135 Å². The molecule has 1 fully saturated rings. The minimum Gasteiger partial charge on any atom is -0.381 e. The number of ether oxygens (including phenoxy) is 1. The van der Waals surface area contributed by atoms with Gasteiger partial charge in [0.05, 0.1) is 4.47 Å². The zero-order valence-electron chi connectivity index (χ0n) is 12.9. The molecule has 0 saturated carbocycles. The molecule has 21 heavy (non-hydrogen) atoms. The Balaban J connectivity index is 2.10. The molecule has 0 bridgehead atoms. The van der Waals surface area contributed by atoms with Crippen molar-refractivity contribution in [3.8, 4) is 0 Å². The van der Waals surface area contributed by atoms with Crippen molar-refractivity contribution < 1.29 is 9.13 Å². The predicted molar refractivity (Wildman–Crippen MR) is 88.0 cm³/mol. The third kappa shape index (κ3) is 4.76. The quantitative estimate of drug-likeness (QED) is 0.824. The van der Waals surface area contributed by atoms with Crippen molar-refractivity contribution in [3.63, 3.8) is 0 Å². The van der Waals surface area contributed by atoms with E-state index in [9.17, 15) is 4.39 Å². The predicted octanol–water partition coefficient (Wildman–Crippen LogP) is 4.17. The molecule has 0 aliphatic carbocycles. The zero-order valence-corrected chi connectivity index (χ0v) is 14.5. The number of halogens is 2. The fourth-order valence-corrected chi connectivity index (χ4v) is 3.34. The summed E-state index contributed by atoms with van der Waals surface area (Å²) in [5.74, 6) is 0.465. The molecular formula is C17H25BrFNO. The summed E-state index contributed by atoms with van der Waals surface area (Å²) < 4.78 is 19.9. The van der Waals surface area contributed by atoms with E-state index < -0.39 is 0 Å². The average Bonchev–Trinajstić information content (AvgIpc) is 2.44. The molecule has 2 nitrogen and oxygen atoms in total. The fourth-order valence-electron chi connectivity index (χ4n) is 2.94. The van der Waals surface area contributed by atoms with E-state index in [0.29, 0.717) is 10.4 Å². The highest BCUT2D eigenvalue weighted by molar-refractivity contribution is 9.10. The molecule has 1 aromatic carbocycles. The van der Waals surface area contributed by atoms with Gasteiger partial charge in [-0.15, -0.1) is 0 Å². The first kappa shape index (κ1) is 16.9. The lowest BCUT2D eigenvalue weighted by molar-refractivity contribution is 0.0146. The van der Waals surface area contributed by atoms with E-state index >= 15 is 0 Å². The normalized spacial score (nSPS) is 18.1. The van der Waals surface area contributed by atoms with Gasteiger partial charge in [0.1, 0.15) is 5.82 Å². The van der Waals surface area contributed by atoms with Gasteiger partial charge >= 0.3 is 0 Å². The van der Waals surface area contributed by atoms with Gasteiger partial charge in [-0.25, -0.2) is 4.39 Å². The summed E-state index contributed by atoms with van der Waals surface area (Å²) in [4.78, 5) is 0. The van der Waals surface area contributed by atoms with Crippen molar-refractivity contribution in [2.75, 3.05) is 26.3 Å². The van der Waals surface area contributed by atoms with Gasteiger partial charge in [0, 0.05) is 19.8 Å². The molecule has 1 aliphatic rings. The van der Waals surface area contributed by atoms with Crippen LogP contribution in [0.1, 0.15) is 32.3 Å². The SMILES string of the molecule is CC(C)CNCC1(Cc2cccc(F)c2Br)CCOCC1. The summed E-state index contributed by atoms with van der Waals surface area (Å²) in [5, 5.41) is 3.59. The lowest BCUT2D eigenvalue weighted by Crippen LogP contribution is -2.41. The number of benzene rings is 1. The topological polar surface area (TPSA) is 21.3 Å². The van der Waals surface area contributed by atoms with Gasteiger partial charge in [0.2, 0.25) is 0 Å². The third-order valence-electron chi connectivity index (χ3n) is 4.20. The van der Waals surface area contributed by atoms with Crippen LogP contribution < -0.4 is 5.32 Å². The van der Waals surface area contributed by atoms with Gasteiger partial charge in [-0.05, 0) is 64.7 Å². The Morgan fingerprint density at radius 2 is 2.05 bits per heavy atom. The zero-order chi connectivity index (χ0) is 15.3. The lowest BCUT2D eigenvalue weighted by Gasteiger charge is -2.38. The molecule has 0 radical (unpaired) electrons. The Morgan fingerprint density at radius 1 is 1.33 bits per heavy atom. The van der Waals surface area contributed by atoms with Crippen molar-refractivity contribution in [1.82, 2.24) is 5.32 Å². The monoisotopic (exact) mass is 357 g/mol. The maximum atomic E-state index is 13.7. The van der Waals surface area contributed by atoms with Crippen LogP contribution in [-0.2, 0) is 11.2 Å². The van der Waals surface area contributed by atoms with E-state index in [1.807, 2.05) is 6.07 Å².